The average Bonchev–Trinajstić information content (AvgIpc) is 2.42. The minimum absolute atomic E-state index is 0.0677. The second kappa shape index (κ2) is 7.07. The molecule has 0 spiro atoms. The smallest absolute Gasteiger partial charge is 0.387 e. The van der Waals surface area contributed by atoms with Gasteiger partial charge in [-0.1, -0.05) is 41.4 Å². The number of rotatable bonds is 5. The lowest BCUT2D eigenvalue weighted by Crippen LogP contribution is -2.16. The van der Waals surface area contributed by atoms with Crippen LogP contribution in [0.3, 0.4) is 0 Å². The Kier molecular flexibility index (Phi) is 5.39. The highest BCUT2D eigenvalue weighted by Crippen LogP contribution is 2.30. The van der Waals surface area contributed by atoms with Gasteiger partial charge in [-0.05, 0) is 36.2 Å². The number of ether oxygens (including phenoxy) is 1. The van der Waals surface area contributed by atoms with Crippen LogP contribution in [0.1, 0.15) is 17.2 Å². The van der Waals surface area contributed by atoms with Crippen LogP contribution < -0.4 is 10.5 Å². The molecule has 2 aromatic rings. The molecule has 0 aliphatic rings. The number of hydrogen-bond donors (Lipinski definition) is 1. The lowest BCUT2D eigenvalue weighted by atomic mass is 9.99. The first-order valence-electron chi connectivity index (χ1n) is 6.20. The van der Waals surface area contributed by atoms with Crippen LogP contribution in [0.25, 0.3) is 0 Å². The first kappa shape index (κ1) is 16.0. The molecule has 0 aliphatic heterocycles. The van der Waals surface area contributed by atoms with E-state index in [1.165, 1.54) is 6.07 Å². The molecule has 0 aromatic heterocycles. The molecular weight excluding hydrogens is 319 g/mol. The SMILES string of the molecule is NC(Cc1cc(Cl)ccc1Cl)c1ccccc1OC(F)F. The number of para-hydroxylation sites is 1. The summed E-state index contributed by atoms with van der Waals surface area (Å²) in [6.07, 6.45) is 0.364. The molecule has 0 saturated heterocycles. The normalized spacial score (nSPS) is 12.5. The predicted octanol–water partition coefficient (Wildman–Crippen LogP) is 4.84. The van der Waals surface area contributed by atoms with Gasteiger partial charge in [-0.3, -0.25) is 0 Å². The van der Waals surface area contributed by atoms with Crippen molar-refractivity contribution in [2.45, 2.75) is 19.1 Å². The van der Waals surface area contributed by atoms with Gasteiger partial charge in [0, 0.05) is 21.7 Å². The highest BCUT2D eigenvalue weighted by atomic mass is 35.5. The largest absolute Gasteiger partial charge is 0.434 e. The first-order chi connectivity index (χ1) is 9.97. The second-order valence-corrected chi connectivity index (χ2v) is 5.31. The van der Waals surface area contributed by atoms with E-state index in [4.69, 9.17) is 28.9 Å². The molecule has 2 N–H and O–H groups in total. The van der Waals surface area contributed by atoms with Crippen LogP contribution in [0.15, 0.2) is 42.5 Å². The Morgan fingerprint density at radius 3 is 2.52 bits per heavy atom. The third-order valence-corrected chi connectivity index (χ3v) is 3.59. The summed E-state index contributed by atoms with van der Waals surface area (Å²) in [5, 5.41) is 1.07. The molecule has 0 aliphatic carbocycles. The topological polar surface area (TPSA) is 35.2 Å². The fourth-order valence-electron chi connectivity index (χ4n) is 2.04. The summed E-state index contributed by atoms with van der Waals surface area (Å²) in [5.74, 6) is 0.0677. The van der Waals surface area contributed by atoms with E-state index in [1.807, 2.05) is 0 Å². The lowest BCUT2D eigenvalue weighted by molar-refractivity contribution is -0.0506. The van der Waals surface area contributed by atoms with E-state index >= 15 is 0 Å². The quantitative estimate of drug-likeness (QED) is 0.850. The van der Waals surface area contributed by atoms with Crippen LogP contribution in [0.5, 0.6) is 5.75 Å². The van der Waals surface area contributed by atoms with Crippen LogP contribution in [-0.2, 0) is 6.42 Å². The maximum absolute atomic E-state index is 12.4. The van der Waals surface area contributed by atoms with Crippen LogP contribution in [0, 0.1) is 0 Å². The van der Waals surface area contributed by atoms with Crippen LogP contribution >= 0.6 is 23.2 Å². The molecule has 2 nitrogen and oxygen atoms in total. The number of hydrogen-bond acceptors (Lipinski definition) is 2. The highest BCUT2D eigenvalue weighted by Gasteiger charge is 2.16. The fraction of sp³-hybridized carbons (Fsp3) is 0.200. The van der Waals surface area contributed by atoms with Crippen molar-refractivity contribution in [3.8, 4) is 5.75 Å². The average molecular weight is 332 g/mol. The van der Waals surface area contributed by atoms with E-state index in [-0.39, 0.29) is 5.75 Å². The van der Waals surface area contributed by atoms with Gasteiger partial charge < -0.3 is 10.5 Å². The molecule has 0 saturated carbocycles. The Morgan fingerprint density at radius 2 is 1.81 bits per heavy atom. The van der Waals surface area contributed by atoms with Crippen molar-refractivity contribution >= 4 is 23.2 Å². The van der Waals surface area contributed by atoms with Gasteiger partial charge in [-0.25, -0.2) is 0 Å². The minimum Gasteiger partial charge on any atom is -0.434 e. The molecule has 0 bridgehead atoms. The summed E-state index contributed by atoms with van der Waals surface area (Å²) in [6, 6.07) is 11.0. The lowest BCUT2D eigenvalue weighted by Gasteiger charge is -2.17. The minimum atomic E-state index is -2.90. The molecular formula is C15H13Cl2F2NO. The number of benzene rings is 2. The van der Waals surface area contributed by atoms with Crippen molar-refractivity contribution < 1.29 is 13.5 Å². The third kappa shape index (κ3) is 4.30. The maximum Gasteiger partial charge on any atom is 0.387 e. The van der Waals surface area contributed by atoms with Crippen molar-refractivity contribution in [2.75, 3.05) is 0 Å². The van der Waals surface area contributed by atoms with Gasteiger partial charge in [0.15, 0.2) is 0 Å². The van der Waals surface area contributed by atoms with Crippen LogP contribution in [0.4, 0.5) is 8.78 Å². The van der Waals surface area contributed by atoms with Crippen molar-refractivity contribution in [3.63, 3.8) is 0 Å². The van der Waals surface area contributed by atoms with E-state index in [2.05, 4.69) is 4.74 Å². The van der Waals surface area contributed by atoms with Gasteiger partial charge in [0.25, 0.3) is 0 Å². The van der Waals surface area contributed by atoms with Gasteiger partial charge >= 0.3 is 6.61 Å². The summed E-state index contributed by atoms with van der Waals surface area (Å²) in [6.45, 7) is -2.90. The Bertz CT molecular complexity index is 622. The van der Waals surface area contributed by atoms with E-state index in [0.29, 0.717) is 22.0 Å². The number of halogens is 4. The summed E-state index contributed by atoms with van der Waals surface area (Å²) >= 11 is 12.0. The van der Waals surface area contributed by atoms with Crippen molar-refractivity contribution in [1.29, 1.82) is 0 Å². The van der Waals surface area contributed by atoms with Gasteiger partial charge in [0.05, 0.1) is 0 Å². The predicted molar refractivity (Wildman–Crippen MR) is 80.2 cm³/mol. The summed E-state index contributed by atoms with van der Waals surface area (Å²) in [5.41, 5.74) is 7.34. The van der Waals surface area contributed by atoms with Crippen molar-refractivity contribution in [3.05, 3.63) is 63.6 Å². The molecule has 0 fully saturated rings. The van der Waals surface area contributed by atoms with Crippen LogP contribution in [0.2, 0.25) is 10.0 Å². The van der Waals surface area contributed by atoms with E-state index < -0.39 is 12.7 Å². The Balaban J connectivity index is 2.24. The zero-order valence-electron chi connectivity index (χ0n) is 10.9. The first-order valence-corrected chi connectivity index (χ1v) is 6.96. The number of nitrogens with two attached hydrogens (primary N) is 1. The molecule has 1 unspecified atom stereocenters. The number of alkyl halides is 2. The molecule has 2 rings (SSSR count). The van der Waals surface area contributed by atoms with Gasteiger partial charge in [-0.2, -0.15) is 8.78 Å². The standard InChI is InChI=1S/C15H13Cl2F2NO/c16-10-5-6-12(17)9(7-10)8-13(20)11-3-1-2-4-14(11)21-15(18)19/h1-7,13,15H,8,20H2. The van der Waals surface area contributed by atoms with E-state index in [1.54, 1.807) is 36.4 Å². The van der Waals surface area contributed by atoms with E-state index in [9.17, 15) is 8.78 Å². The van der Waals surface area contributed by atoms with Crippen molar-refractivity contribution in [2.24, 2.45) is 5.73 Å². The monoisotopic (exact) mass is 331 g/mol. The van der Waals surface area contributed by atoms with E-state index in [0.717, 1.165) is 5.56 Å². The van der Waals surface area contributed by atoms with Gasteiger partial charge in [0.2, 0.25) is 0 Å². The molecule has 0 heterocycles. The molecule has 112 valence electrons. The Labute approximate surface area is 131 Å². The Hall–Kier alpha value is -1.36. The highest BCUT2D eigenvalue weighted by molar-refractivity contribution is 6.33. The maximum atomic E-state index is 12.4. The fourth-order valence-corrected chi connectivity index (χ4v) is 2.43. The molecule has 6 heteroatoms. The molecule has 2 aromatic carbocycles. The summed E-state index contributed by atoms with van der Waals surface area (Å²) in [4.78, 5) is 0. The second-order valence-electron chi connectivity index (χ2n) is 4.46. The summed E-state index contributed by atoms with van der Waals surface area (Å²) in [7, 11) is 0. The molecule has 1 atom stereocenters. The van der Waals surface area contributed by atoms with Gasteiger partial charge in [0.1, 0.15) is 5.75 Å². The molecule has 21 heavy (non-hydrogen) atoms. The zero-order chi connectivity index (χ0) is 15.4. The molecule has 0 radical (unpaired) electrons. The zero-order valence-corrected chi connectivity index (χ0v) is 12.4. The van der Waals surface area contributed by atoms with Gasteiger partial charge in [-0.15, -0.1) is 0 Å². The third-order valence-electron chi connectivity index (χ3n) is 2.98. The Morgan fingerprint density at radius 1 is 1.10 bits per heavy atom. The van der Waals surface area contributed by atoms with Crippen molar-refractivity contribution in [1.82, 2.24) is 0 Å². The summed E-state index contributed by atoms with van der Waals surface area (Å²) < 4.78 is 29.3. The molecule has 0 amide bonds. The van der Waals surface area contributed by atoms with Crippen LogP contribution in [-0.4, -0.2) is 6.61 Å².